The highest BCUT2D eigenvalue weighted by molar-refractivity contribution is 7.05. The van der Waals surface area contributed by atoms with Crippen LogP contribution in [0, 0.1) is 0 Å². The minimum Gasteiger partial charge on any atom is -0.481 e. The van der Waals surface area contributed by atoms with Gasteiger partial charge in [0.1, 0.15) is 6.33 Å². The van der Waals surface area contributed by atoms with Gasteiger partial charge >= 0.3 is 5.97 Å². The zero-order chi connectivity index (χ0) is 9.19. The van der Waals surface area contributed by atoms with E-state index in [1.54, 1.807) is 0 Å². The highest BCUT2D eigenvalue weighted by Gasteiger charge is 2.32. The minimum absolute atomic E-state index is 0.102. The van der Waals surface area contributed by atoms with Crippen LogP contribution in [0.1, 0.15) is 18.4 Å². The molecule has 1 heterocycles. The smallest absolute Gasteiger partial charge is 0.307 e. The van der Waals surface area contributed by atoms with Crippen LogP contribution in [0.25, 0.3) is 0 Å². The van der Waals surface area contributed by atoms with E-state index in [-0.39, 0.29) is 5.01 Å². The lowest BCUT2D eigenvalue weighted by atomic mass is 10.1. The highest BCUT2D eigenvalue weighted by atomic mass is 32.1. The van der Waals surface area contributed by atoms with Crippen LogP contribution in [0.5, 0.6) is 0 Å². The molecular weight excluding hydrogens is 183 g/mol. The summed E-state index contributed by atoms with van der Waals surface area (Å²) < 4.78 is 17.0. The molecule has 0 aliphatic carbocycles. The van der Waals surface area contributed by atoms with Gasteiger partial charge in [-0.05, 0) is 18.5 Å². The van der Waals surface area contributed by atoms with Gasteiger partial charge in [-0.25, -0.2) is 9.37 Å². The first-order valence-corrected chi connectivity index (χ1v) is 3.97. The molecule has 0 bridgehead atoms. The largest absolute Gasteiger partial charge is 0.481 e. The van der Waals surface area contributed by atoms with Crippen LogP contribution in [0.3, 0.4) is 0 Å². The van der Waals surface area contributed by atoms with Gasteiger partial charge in [-0.2, -0.15) is 4.37 Å². The summed E-state index contributed by atoms with van der Waals surface area (Å²) in [6.45, 7) is 1.18. The standard InChI is InChI=1S/C6H7FN2O2S/c1-6(7,2-4(10)11)5-8-3-9-12-5/h3H,2H2,1H3,(H,10,11). The van der Waals surface area contributed by atoms with Crippen molar-refractivity contribution in [1.82, 2.24) is 9.36 Å². The van der Waals surface area contributed by atoms with Crippen LogP contribution in [-0.2, 0) is 10.5 Å². The van der Waals surface area contributed by atoms with Gasteiger partial charge < -0.3 is 5.11 Å². The number of halogens is 1. The summed E-state index contributed by atoms with van der Waals surface area (Å²) in [5, 5.41) is 8.47. The number of carboxylic acids is 1. The van der Waals surface area contributed by atoms with Crippen molar-refractivity contribution >= 4 is 17.5 Å². The summed E-state index contributed by atoms with van der Waals surface area (Å²) >= 11 is 0.872. The molecule has 66 valence electrons. The Kier molecular flexibility index (Phi) is 2.37. The van der Waals surface area contributed by atoms with Crippen molar-refractivity contribution in [3.05, 3.63) is 11.3 Å². The minimum atomic E-state index is -1.91. The van der Waals surface area contributed by atoms with Gasteiger partial charge in [0, 0.05) is 0 Å². The molecule has 1 N–H and O–H groups in total. The molecule has 0 aliphatic rings. The van der Waals surface area contributed by atoms with E-state index in [1.807, 2.05) is 0 Å². The molecule has 0 aromatic carbocycles. The molecule has 1 unspecified atom stereocenters. The lowest BCUT2D eigenvalue weighted by Crippen LogP contribution is -2.19. The monoisotopic (exact) mass is 190 g/mol. The molecule has 1 aromatic rings. The molecule has 1 rings (SSSR count). The number of hydrogen-bond acceptors (Lipinski definition) is 4. The van der Waals surface area contributed by atoms with Crippen molar-refractivity contribution < 1.29 is 14.3 Å². The van der Waals surface area contributed by atoms with Crippen molar-refractivity contribution in [1.29, 1.82) is 0 Å². The Labute approximate surface area is 72.2 Å². The molecular formula is C6H7FN2O2S. The second-order valence-electron chi connectivity index (χ2n) is 2.51. The van der Waals surface area contributed by atoms with Crippen LogP contribution < -0.4 is 0 Å². The van der Waals surface area contributed by atoms with E-state index >= 15 is 0 Å². The second kappa shape index (κ2) is 3.14. The zero-order valence-corrected chi connectivity index (χ0v) is 7.14. The third-order valence-corrected chi connectivity index (χ3v) is 2.19. The zero-order valence-electron chi connectivity index (χ0n) is 6.32. The van der Waals surface area contributed by atoms with Gasteiger partial charge in [0.25, 0.3) is 0 Å². The van der Waals surface area contributed by atoms with Crippen molar-refractivity contribution in [2.24, 2.45) is 0 Å². The summed E-state index contributed by atoms with van der Waals surface area (Å²) in [4.78, 5) is 13.8. The average molecular weight is 190 g/mol. The van der Waals surface area contributed by atoms with E-state index in [1.165, 1.54) is 13.3 Å². The summed E-state index contributed by atoms with van der Waals surface area (Å²) in [6.07, 6.45) is 0.627. The number of aliphatic carboxylic acids is 1. The van der Waals surface area contributed by atoms with E-state index in [0.29, 0.717) is 0 Å². The number of carboxylic acid groups (broad SMARTS) is 1. The predicted molar refractivity (Wildman–Crippen MR) is 40.6 cm³/mol. The first-order chi connectivity index (χ1) is 5.52. The van der Waals surface area contributed by atoms with E-state index in [4.69, 9.17) is 5.11 Å². The van der Waals surface area contributed by atoms with E-state index in [2.05, 4.69) is 9.36 Å². The Bertz CT molecular complexity index is 273. The molecule has 4 nitrogen and oxygen atoms in total. The van der Waals surface area contributed by atoms with Crippen LogP contribution in [-0.4, -0.2) is 20.4 Å². The normalized spacial score (nSPS) is 15.5. The molecule has 0 aliphatic heterocycles. The Morgan fingerprint density at radius 1 is 1.92 bits per heavy atom. The summed E-state index contributed by atoms with van der Waals surface area (Å²) in [6, 6.07) is 0. The summed E-state index contributed by atoms with van der Waals surface area (Å²) in [5.74, 6) is -1.18. The highest BCUT2D eigenvalue weighted by Crippen LogP contribution is 2.29. The molecule has 0 radical (unpaired) electrons. The Morgan fingerprint density at radius 3 is 3.00 bits per heavy atom. The SMILES string of the molecule is CC(F)(CC(=O)O)c1ncns1. The molecule has 1 aromatic heterocycles. The molecule has 0 spiro atoms. The van der Waals surface area contributed by atoms with Crippen molar-refractivity contribution in [3.8, 4) is 0 Å². The number of alkyl halides is 1. The molecule has 0 saturated heterocycles. The number of carbonyl (C=O) groups is 1. The van der Waals surface area contributed by atoms with Gasteiger partial charge in [0.05, 0.1) is 6.42 Å². The first kappa shape index (κ1) is 9.05. The van der Waals surface area contributed by atoms with Crippen molar-refractivity contribution in [2.75, 3.05) is 0 Å². The topological polar surface area (TPSA) is 63.1 Å². The molecule has 6 heteroatoms. The van der Waals surface area contributed by atoms with Crippen LogP contribution >= 0.6 is 11.5 Å². The van der Waals surface area contributed by atoms with Gasteiger partial charge in [0.15, 0.2) is 10.7 Å². The van der Waals surface area contributed by atoms with Gasteiger partial charge in [-0.15, -0.1) is 0 Å². The second-order valence-corrected chi connectivity index (χ2v) is 3.29. The van der Waals surface area contributed by atoms with Crippen LogP contribution in [0.4, 0.5) is 4.39 Å². The Hall–Kier alpha value is -1.04. The fraction of sp³-hybridized carbons (Fsp3) is 0.500. The molecule has 0 saturated carbocycles. The van der Waals surface area contributed by atoms with Crippen LogP contribution in [0.15, 0.2) is 6.33 Å². The van der Waals surface area contributed by atoms with E-state index in [9.17, 15) is 9.18 Å². The number of aromatic nitrogens is 2. The summed E-state index contributed by atoms with van der Waals surface area (Å²) in [7, 11) is 0. The molecule has 1 atom stereocenters. The Morgan fingerprint density at radius 2 is 2.58 bits per heavy atom. The van der Waals surface area contributed by atoms with Gasteiger partial charge in [-0.3, -0.25) is 4.79 Å². The third kappa shape index (κ3) is 1.97. The number of hydrogen-bond donors (Lipinski definition) is 1. The number of rotatable bonds is 3. The predicted octanol–water partition coefficient (Wildman–Crippen LogP) is 1.20. The van der Waals surface area contributed by atoms with E-state index < -0.39 is 18.1 Å². The van der Waals surface area contributed by atoms with Crippen molar-refractivity contribution in [2.45, 2.75) is 19.0 Å². The maximum absolute atomic E-state index is 13.4. The molecule has 12 heavy (non-hydrogen) atoms. The number of nitrogens with zero attached hydrogens (tertiary/aromatic N) is 2. The summed E-state index contributed by atoms with van der Waals surface area (Å²) in [5.41, 5.74) is -1.91. The van der Waals surface area contributed by atoms with Gasteiger partial charge in [-0.1, -0.05) is 0 Å². The fourth-order valence-electron chi connectivity index (χ4n) is 0.762. The van der Waals surface area contributed by atoms with E-state index in [0.717, 1.165) is 11.5 Å². The first-order valence-electron chi connectivity index (χ1n) is 3.20. The van der Waals surface area contributed by atoms with Crippen LogP contribution in [0.2, 0.25) is 0 Å². The quantitative estimate of drug-likeness (QED) is 0.777. The van der Waals surface area contributed by atoms with Gasteiger partial charge in [0.2, 0.25) is 0 Å². The molecule has 0 amide bonds. The molecule has 0 fully saturated rings. The fourth-order valence-corrected chi connectivity index (χ4v) is 1.31. The lowest BCUT2D eigenvalue weighted by molar-refractivity contribution is -0.140. The van der Waals surface area contributed by atoms with Crippen molar-refractivity contribution in [3.63, 3.8) is 0 Å². The Balaban J connectivity index is 2.79. The average Bonchev–Trinajstić information content (AvgIpc) is 2.32. The maximum Gasteiger partial charge on any atom is 0.307 e. The third-order valence-electron chi connectivity index (χ3n) is 1.29. The lowest BCUT2D eigenvalue weighted by Gasteiger charge is -2.12. The maximum atomic E-state index is 13.4.